The van der Waals surface area contributed by atoms with Crippen molar-refractivity contribution >= 4 is 33.4 Å². The standard InChI is InChI=1S/C13H12BrClN4O/c14-9-1-2-12(15)11(7-9)13(20)18-5-3-10(8-18)19-6-4-16-17-19/h1-2,4,6-7,10H,3,5,8H2/t10-/m1/s1. The molecule has 1 fully saturated rings. The van der Waals surface area contributed by atoms with Gasteiger partial charge in [0.15, 0.2) is 0 Å². The van der Waals surface area contributed by atoms with E-state index in [9.17, 15) is 4.79 Å². The van der Waals surface area contributed by atoms with Gasteiger partial charge in [0.1, 0.15) is 0 Å². The van der Waals surface area contributed by atoms with E-state index in [0.29, 0.717) is 23.7 Å². The molecule has 2 heterocycles. The van der Waals surface area contributed by atoms with E-state index in [-0.39, 0.29) is 11.9 Å². The Morgan fingerprint density at radius 2 is 2.30 bits per heavy atom. The van der Waals surface area contributed by atoms with Crippen LogP contribution >= 0.6 is 27.5 Å². The Bertz CT molecular complexity index is 631. The van der Waals surface area contributed by atoms with Gasteiger partial charge in [0.2, 0.25) is 0 Å². The van der Waals surface area contributed by atoms with Crippen molar-refractivity contribution in [1.29, 1.82) is 0 Å². The molecule has 7 heteroatoms. The summed E-state index contributed by atoms with van der Waals surface area (Å²) in [5.74, 6) is -0.0427. The zero-order valence-corrected chi connectivity index (χ0v) is 12.9. The number of likely N-dealkylation sites (tertiary alicyclic amines) is 1. The van der Waals surface area contributed by atoms with Crippen molar-refractivity contribution in [2.24, 2.45) is 0 Å². The lowest BCUT2D eigenvalue weighted by Gasteiger charge is -2.17. The van der Waals surface area contributed by atoms with E-state index >= 15 is 0 Å². The molecule has 1 aromatic carbocycles. The lowest BCUT2D eigenvalue weighted by atomic mass is 10.2. The average molecular weight is 356 g/mol. The van der Waals surface area contributed by atoms with E-state index < -0.39 is 0 Å². The molecule has 104 valence electrons. The molecule has 5 nitrogen and oxygen atoms in total. The third kappa shape index (κ3) is 2.58. The summed E-state index contributed by atoms with van der Waals surface area (Å²) >= 11 is 9.47. The van der Waals surface area contributed by atoms with Crippen LogP contribution in [0.3, 0.4) is 0 Å². The number of halogens is 2. The summed E-state index contributed by atoms with van der Waals surface area (Å²) in [4.78, 5) is 14.3. The van der Waals surface area contributed by atoms with Gasteiger partial charge in [-0.25, -0.2) is 4.68 Å². The second-order valence-electron chi connectivity index (χ2n) is 4.70. The summed E-state index contributed by atoms with van der Waals surface area (Å²) in [5.41, 5.74) is 0.528. The van der Waals surface area contributed by atoms with Crippen LogP contribution in [0.2, 0.25) is 5.02 Å². The quantitative estimate of drug-likeness (QED) is 0.832. The van der Waals surface area contributed by atoms with E-state index in [1.54, 1.807) is 27.9 Å². The number of rotatable bonds is 2. The van der Waals surface area contributed by atoms with E-state index in [2.05, 4.69) is 26.2 Å². The minimum Gasteiger partial charge on any atom is -0.336 e. The van der Waals surface area contributed by atoms with Gasteiger partial charge in [0.05, 0.1) is 22.8 Å². The monoisotopic (exact) mass is 354 g/mol. The van der Waals surface area contributed by atoms with Gasteiger partial charge in [-0.2, -0.15) is 0 Å². The van der Waals surface area contributed by atoms with Crippen molar-refractivity contribution in [2.45, 2.75) is 12.5 Å². The molecule has 1 atom stereocenters. The molecule has 0 aliphatic carbocycles. The Balaban J connectivity index is 1.77. The predicted octanol–water partition coefficient (Wildman–Crippen LogP) is 2.78. The summed E-state index contributed by atoms with van der Waals surface area (Å²) in [5, 5.41) is 8.27. The van der Waals surface area contributed by atoms with E-state index in [1.165, 1.54) is 0 Å². The fraction of sp³-hybridized carbons (Fsp3) is 0.308. The lowest BCUT2D eigenvalue weighted by Crippen LogP contribution is -2.29. The highest BCUT2D eigenvalue weighted by Gasteiger charge is 2.29. The smallest absolute Gasteiger partial charge is 0.255 e. The third-order valence-electron chi connectivity index (χ3n) is 3.42. The van der Waals surface area contributed by atoms with E-state index in [0.717, 1.165) is 10.9 Å². The van der Waals surface area contributed by atoms with Crippen LogP contribution in [0, 0.1) is 0 Å². The fourth-order valence-corrected chi connectivity index (χ4v) is 2.95. The number of aromatic nitrogens is 3. The highest BCUT2D eigenvalue weighted by Crippen LogP contribution is 2.26. The molecule has 20 heavy (non-hydrogen) atoms. The Labute approximate surface area is 129 Å². The van der Waals surface area contributed by atoms with Gasteiger partial charge in [-0.3, -0.25) is 4.79 Å². The number of carbonyl (C=O) groups is 1. The van der Waals surface area contributed by atoms with Crippen LogP contribution in [-0.2, 0) is 0 Å². The number of benzene rings is 1. The van der Waals surface area contributed by atoms with Crippen LogP contribution in [0.1, 0.15) is 22.8 Å². The lowest BCUT2D eigenvalue weighted by molar-refractivity contribution is 0.0787. The number of nitrogens with zero attached hydrogens (tertiary/aromatic N) is 4. The second kappa shape index (κ2) is 5.54. The fourth-order valence-electron chi connectivity index (χ4n) is 2.39. The van der Waals surface area contributed by atoms with E-state index in [4.69, 9.17) is 11.6 Å². The molecule has 0 N–H and O–H groups in total. The zero-order valence-electron chi connectivity index (χ0n) is 10.5. The molecule has 0 saturated carbocycles. The van der Waals surface area contributed by atoms with Crippen LogP contribution in [0.5, 0.6) is 0 Å². The maximum atomic E-state index is 12.5. The first-order valence-electron chi connectivity index (χ1n) is 6.25. The topological polar surface area (TPSA) is 51.0 Å². The molecule has 1 amide bonds. The SMILES string of the molecule is O=C(c1cc(Br)ccc1Cl)N1CC[C@@H](n2ccnn2)C1. The summed E-state index contributed by atoms with van der Waals surface area (Å²) in [6, 6.07) is 5.49. The predicted molar refractivity (Wildman–Crippen MR) is 78.7 cm³/mol. The van der Waals surface area contributed by atoms with E-state index in [1.807, 2.05) is 12.3 Å². The summed E-state index contributed by atoms with van der Waals surface area (Å²) in [6.07, 6.45) is 4.35. The minimum absolute atomic E-state index is 0.0427. The molecule has 1 saturated heterocycles. The maximum Gasteiger partial charge on any atom is 0.255 e. The highest BCUT2D eigenvalue weighted by atomic mass is 79.9. The first-order chi connectivity index (χ1) is 9.65. The van der Waals surface area contributed by atoms with Crippen LogP contribution < -0.4 is 0 Å². The Kier molecular flexibility index (Phi) is 3.76. The van der Waals surface area contributed by atoms with Crippen LogP contribution in [0.25, 0.3) is 0 Å². The molecule has 3 rings (SSSR count). The summed E-state index contributed by atoms with van der Waals surface area (Å²) in [7, 11) is 0. The normalized spacial score (nSPS) is 18.5. The van der Waals surface area contributed by atoms with Gasteiger partial charge < -0.3 is 4.90 Å². The third-order valence-corrected chi connectivity index (χ3v) is 4.25. The molecule has 1 aliphatic rings. The van der Waals surface area contributed by atoms with Crippen LogP contribution in [0.15, 0.2) is 35.1 Å². The molecule has 1 aliphatic heterocycles. The number of amides is 1. The van der Waals surface area contributed by atoms with Crippen molar-refractivity contribution < 1.29 is 4.79 Å². The number of carbonyl (C=O) groups excluding carboxylic acids is 1. The largest absolute Gasteiger partial charge is 0.336 e. The zero-order chi connectivity index (χ0) is 14.1. The molecule has 1 aromatic heterocycles. The first-order valence-corrected chi connectivity index (χ1v) is 7.42. The van der Waals surface area contributed by atoms with Gasteiger partial charge in [-0.05, 0) is 24.6 Å². The first kappa shape index (κ1) is 13.6. The molecular weight excluding hydrogens is 344 g/mol. The van der Waals surface area contributed by atoms with Gasteiger partial charge >= 0.3 is 0 Å². The average Bonchev–Trinajstić information content (AvgIpc) is 3.10. The molecule has 0 spiro atoms. The van der Waals surface area contributed by atoms with Gasteiger partial charge in [-0.1, -0.05) is 32.7 Å². The van der Waals surface area contributed by atoms with Crippen molar-refractivity contribution in [3.63, 3.8) is 0 Å². The molecule has 0 bridgehead atoms. The molecule has 0 unspecified atom stereocenters. The molecule has 2 aromatic rings. The molecule has 0 radical (unpaired) electrons. The van der Waals surface area contributed by atoms with Crippen molar-refractivity contribution in [1.82, 2.24) is 19.9 Å². The van der Waals surface area contributed by atoms with Crippen molar-refractivity contribution in [2.75, 3.05) is 13.1 Å². The number of hydrogen-bond acceptors (Lipinski definition) is 3. The van der Waals surface area contributed by atoms with Crippen LogP contribution in [0.4, 0.5) is 0 Å². The minimum atomic E-state index is -0.0427. The van der Waals surface area contributed by atoms with Gasteiger partial charge in [0.25, 0.3) is 5.91 Å². The maximum absolute atomic E-state index is 12.5. The van der Waals surface area contributed by atoms with Crippen molar-refractivity contribution in [3.05, 3.63) is 45.7 Å². The summed E-state index contributed by atoms with van der Waals surface area (Å²) in [6.45, 7) is 1.33. The Hall–Kier alpha value is -1.40. The highest BCUT2D eigenvalue weighted by molar-refractivity contribution is 9.10. The Morgan fingerprint density at radius 3 is 3.05 bits per heavy atom. The van der Waals surface area contributed by atoms with Gasteiger partial charge in [-0.15, -0.1) is 5.10 Å². The second-order valence-corrected chi connectivity index (χ2v) is 6.02. The molecular formula is C13H12BrClN4O. The van der Waals surface area contributed by atoms with Gasteiger partial charge in [0, 0.05) is 23.8 Å². The number of hydrogen-bond donors (Lipinski definition) is 0. The van der Waals surface area contributed by atoms with Crippen molar-refractivity contribution in [3.8, 4) is 0 Å². The Morgan fingerprint density at radius 1 is 1.45 bits per heavy atom. The van der Waals surface area contributed by atoms with Crippen LogP contribution in [-0.4, -0.2) is 38.9 Å². The summed E-state index contributed by atoms with van der Waals surface area (Å²) < 4.78 is 2.65.